The minimum atomic E-state index is -0.967. The van der Waals surface area contributed by atoms with E-state index in [0.29, 0.717) is 0 Å². The van der Waals surface area contributed by atoms with Gasteiger partial charge >= 0.3 is 0 Å². The van der Waals surface area contributed by atoms with Gasteiger partial charge in [-0.3, -0.25) is 29.6 Å². The summed E-state index contributed by atoms with van der Waals surface area (Å²) in [6, 6.07) is 30.0. The summed E-state index contributed by atoms with van der Waals surface area (Å²) in [7, 11) is 1.52. The molecule has 0 bridgehead atoms. The number of aliphatic hydroxyl groups excluding tert-OH is 1. The second kappa shape index (κ2) is 11.8. The van der Waals surface area contributed by atoms with E-state index in [1.807, 2.05) is 91.0 Å². The first kappa shape index (κ1) is 28.3. The lowest BCUT2D eigenvalue weighted by molar-refractivity contribution is -0.126. The minimum Gasteiger partial charge on any atom is -0.390 e. The van der Waals surface area contributed by atoms with Gasteiger partial charge in [0.2, 0.25) is 11.9 Å². The number of carbonyl (C=O) groups is 1. The van der Waals surface area contributed by atoms with Gasteiger partial charge in [-0.15, -0.1) is 0 Å². The number of hydrogen-bond donors (Lipinski definition) is 3. The van der Waals surface area contributed by atoms with Crippen LogP contribution < -0.4 is 11.0 Å². The van der Waals surface area contributed by atoms with Gasteiger partial charge in [0.05, 0.1) is 19.0 Å². The predicted molar refractivity (Wildman–Crippen MR) is 160 cm³/mol. The Balaban J connectivity index is 1.31. The zero-order valence-corrected chi connectivity index (χ0v) is 23.8. The van der Waals surface area contributed by atoms with Crippen molar-refractivity contribution < 1.29 is 19.4 Å². The Morgan fingerprint density at radius 1 is 1.05 bits per heavy atom. The SMILES string of the molecule is CC(=O)N(C)Nc1nc2c(ncn2[C@H]2C[C@H](O)[C@@H](COC(c3ccccc3)(c3ccccc3)c3ccccc3)O2)c(=O)[nH]1. The number of rotatable bonds is 9. The van der Waals surface area contributed by atoms with Crippen LogP contribution in [0, 0.1) is 0 Å². The molecular weight excluding hydrogens is 548 g/mol. The Kier molecular flexibility index (Phi) is 7.76. The molecule has 3 aromatic carbocycles. The molecule has 1 amide bonds. The molecule has 43 heavy (non-hydrogen) atoms. The predicted octanol–water partition coefficient (Wildman–Crippen LogP) is 3.58. The maximum Gasteiger partial charge on any atom is 0.280 e. The van der Waals surface area contributed by atoms with Crippen molar-refractivity contribution in [1.82, 2.24) is 24.5 Å². The molecule has 1 fully saturated rings. The van der Waals surface area contributed by atoms with Crippen LogP contribution in [-0.2, 0) is 19.9 Å². The zero-order chi connectivity index (χ0) is 30.0. The minimum absolute atomic E-state index is 0.0766. The smallest absolute Gasteiger partial charge is 0.280 e. The van der Waals surface area contributed by atoms with E-state index in [4.69, 9.17) is 9.47 Å². The topological polar surface area (TPSA) is 135 Å². The molecule has 3 atom stereocenters. The number of anilines is 1. The number of aliphatic hydroxyl groups is 1. The van der Waals surface area contributed by atoms with Gasteiger partial charge in [0.15, 0.2) is 11.2 Å². The number of hydrogen-bond acceptors (Lipinski definition) is 8. The second-order valence-electron chi connectivity index (χ2n) is 10.5. The third-order valence-electron chi connectivity index (χ3n) is 7.70. The molecule has 0 unspecified atom stereocenters. The Bertz CT molecular complexity index is 1660. The normalized spacial score (nSPS) is 18.5. The van der Waals surface area contributed by atoms with Crippen molar-refractivity contribution in [2.24, 2.45) is 0 Å². The van der Waals surface area contributed by atoms with Crippen molar-refractivity contribution in [1.29, 1.82) is 0 Å². The van der Waals surface area contributed by atoms with Crippen molar-refractivity contribution in [2.75, 3.05) is 19.1 Å². The van der Waals surface area contributed by atoms with E-state index >= 15 is 0 Å². The number of H-pyrrole nitrogens is 1. The van der Waals surface area contributed by atoms with E-state index in [1.165, 1.54) is 25.3 Å². The van der Waals surface area contributed by atoms with Crippen LogP contribution in [0.2, 0.25) is 0 Å². The number of nitrogens with one attached hydrogen (secondary N) is 2. The van der Waals surface area contributed by atoms with Crippen LogP contribution in [0.15, 0.2) is 102 Å². The Morgan fingerprint density at radius 2 is 1.60 bits per heavy atom. The average Bonchev–Trinajstić information content (AvgIpc) is 3.62. The fraction of sp³-hybridized carbons (Fsp3) is 0.250. The maximum atomic E-state index is 12.7. The van der Waals surface area contributed by atoms with Gasteiger partial charge in [-0.25, -0.2) is 4.98 Å². The Labute approximate surface area is 247 Å². The van der Waals surface area contributed by atoms with Gasteiger partial charge in [0.25, 0.3) is 5.56 Å². The summed E-state index contributed by atoms with van der Waals surface area (Å²) in [5.74, 6) is -0.187. The lowest BCUT2D eigenvalue weighted by Gasteiger charge is -2.37. The van der Waals surface area contributed by atoms with E-state index in [0.717, 1.165) is 16.7 Å². The number of fused-ring (bicyclic) bond motifs is 1. The third kappa shape index (κ3) is 5.41. The van der Waals surface area contributed by atoms with Gasteiger partial charge in [0, 0.05) is 20.4 Å². The van der Waals surface area contributed by atoms with E-state index in [-0.39, 0.29) is 36.0 Å². The molecule has 0 aliphatic carbocycles. The van der Waals surface area contributed by atoms with Gasteiger partial charge in [-0.2, -0.15) is 4.98 Å². The van der Waals surface area contributed by atoms with Crippen molar-refractivity contribution in [3.63, 3.8) is 0 Å². The molecule has 3 N–H and O–H groups in total. The number of benzene rings is 3. The summed E-state index contributed by atoms with van der Waals surface area (Å²) in [6.45, 7) is 1.46. The van der Waals surface area contributed by atoms with Crippen LogP contribution in [0.25, 0.3) is 11.2 Å². The number of ether oxygens (including phenoxy) is 2. The average molecular weight is 581 g/mol. The van der Waals surface area contributed by atoms with Gasteiger partial charge < -0.3 is 14.6 Å². The van der Waals surface area contributed by atoms with E-state index in [1.54, 1.807) is 4.57 Å². The van der Waals surface area contributed by atoms with E-state index in [2.05, 4.69) is 20.4 Å². The summed E-state index contributed by atoms with van der Waals surface area (Å²) in [6.07, 6.45) is -0.485. The lowest BCUT2D eigenvalue weighted by Crippen LogP contribution is -2.38. The molecule has 0 saturated carbocycles. The fourth-order valence-electron chi connectivity index (χ4n) is 5.44. The van der Waals surface area contributed by atoms with E-state index in [9.17, 15) is 14.7 Å². The van der Waals surface area contributed by atoms with Crippen LogP contribution in [0.1, 0.15) is 36.3 Å². The molecule has 220 valence electrons. The third-order valence-corrected chi connectivity index (χ3v) is 7.70. The number of amides is 1. The first-order valence-electron chi connectivity index (χ1n) is 14.0. The molecule has 1 aliphatic rings. The molecular formula is C32H32N6O5. The van der Waals surface area contributed by atoms with Crippen LogP contribution in [0.5, 0.6) is 0 Å². The number of carbonyl (C=O) groups excluding carboxylic acids is 1. The second-order valence-corrected chi connectivity index (χ2v) is 10.5. The highest BCUT2D eigenvalue weighted by atomic mass is 16.6. The molecule has 11 nitrogen and oxygen atoms in total. The highest BCUT2D eigenvalue weighted by Gasteiger charge is 2.42. The van der Waals surface area contributed by atoms with Crippen LogP contribution in [-0.4, -0.2) is 61.4 Å². The summed E-state index contributed by atoms with van der Waals surface area (Å²) in [5, 5.41) is 12.3. The molecule has 1 aliphatic heterocycles. The summed E-state index contributed by atoms with van der Waals surface area (Å²) in [4.78, 5) is 35.6. The number of hydrazine groups is 1. The molecule has 0 radical (unpaired) electrons. The molecule has 5 aromatic rings. The van der Waals surface area contributed by atoms with Crippen molar-refractivity contribution in [3.05, 3.63) is 124 Å². The largest absolute Gasteiger partial charge is 0.390 e. The maximum absolute atomic E-state index is 12.7. The lowest BCUT2D eigenvalue weighted by atomic mass is 9.80. The van der Waals surface area contributed by atoms with E-state index < -0.39 is 29.6 Å². The Morgan fingerprint density at radius 3 is 2.14 bits per heavy atom. The molecule has 2 aromatic heterocycles. The van der Waals surface area contributed by atoms with Gasteiger partial charge in [-0.05, 0) is 16.7 Å². The standard InChI is InChI=1S/C32H32N6O5/c1-21(39)37(2)36-31-34-29-28(30(41)35-31)33-20-38(29)27-18-25(40)26(43-27)19-42-32(22-12-6-3-7-13-22,23-14-8-4-9-15-23)24-16-10-5-11-17-24/h3-17,20,25-27,40H,18-19H2,1-2H3,(H2,34,35,36,41)/t25-,26+,27+/m0/s1. The monoisotopic (exact) mass is 580 g/mol. The summed E-state index contributed by atoms with van der Waals surface area (Å²) >= 11 is 0. The highest BCUT2D eigenvalue weighted by molar-refractivity contribution is 5.75. The first-order valence-corrected chi connectivity index (χ1v) is 14.0. The quantitative estimate of drug-likeness (QED) is 0.178. The molecule has 1 saturated heterocycles. The van der Waals surface area contributed by atoms with Gasteiger partial charge in [0.1, 0.15) is 17.9 Å². The summed E-state index contributed by atoms with van der Waals surface area (Å²) < 4.78 is 14.8. The summed E-state index contributed by atoms with van der Waals surface area (Å²) in [5.41, 5.74) is 4.51. The fourth-order valence-corrected chi connectivity index (χ4v) is 5.44. The van der Waals surface area contributed by atoms with Crippen LogP contribution in [0.4, 0.5) is 5.95 Å². The first-order chi connectivity index (χ1) is 20.9. The van der Waals surface area contributed by atoms with Crippen molar-refractivity contribution >= 4 is 23.0 Å². The molecule has 11 heteroatoms. The number of aromatic nitrogens is 4. The molecule has 6 rings (SSSR count). The Hall–Kier alpha value is -4.84. The van der Waals surface area contributed by atoms with Crippen LogP contribution >= 0.6 is 0 Å². The molecule has 3 heterocycles. The zero-order valence-electron chi connectivity index (χ0n) is 23.8. The molecule has 0 spiro atoms. The van der Waals surface area contributed by atoms with Crippen molar-refractivity contribution in [2.45, 2.75) is 37.4 Å². The van der Waals surface area contributed by atoms with Gasteiger partial charge in [-0.1, -0.05) is 91.0 Å². The van der Waals surface area contributed by atoms with Crippen LogP contribution in [0.3, 0.4) is 0 Å². The highest BCUT2D eigenvalue weighted by Crippen LogP contribution is 2.41. The van der Waals surface area contributed by atoms with Crippen molar-refractivity contribution in [3.8, 4) is 0 Å². The number of imidazole rings is 1. The number of nitrogens with zero attached hydrogens (tertiary/aromatic N) is 4. The number of aromatic amines is 1.